The van der Waals surface area contributed by atoms with E-state index >= 15 is 0 Å². The molecule has 0 fully saturated rings. The quantitative estimate of drug-likeness (QED) is 0.434. The molecule has 0 unspecified atom stereocenters. The summed E-state index contributed by atoms with van der Waals surface area (Å²) in [5, 5.41) is 4.07. The van der Waals surface area contributed by atoms with Gasteiger partial charge in [0.15, 0.2) is 0 Å². The Morgan fingerprint density at radius 2 is 1.92 bits per heavy atom. The lowest BCUT2D eigenvalue weighted by Gasteiger charge is -2.08. The lowest BCUT2D eigenvalue weighted by Crippen LogP contribution is -2.16. The van der Waals surface area contributed by atoms with Gasteiger partial charge in [-0.3, -0.25) is 0 Å². The van der Waals surface area contributed by atoms with Crippen molar-refractivity contribution in [3.05, 3.63) is 75.4 Å². The number of furan rings is 1. The van der Waals surface area contributed by atoms with E-state index in [0.29, 0.717) is 11.6 Å². The van der Waals surface area contributed by atoms with Gasteiger partial charge in [0, 0.05) is 10.0 Å². The molecule has 1 aromatic heterocycles. The van der Waals surface area contributed by atoms with Crippen molar-refractivity contribution in [1.82, 2.24) is 5.32 Å². The highest BCUT2D eigenvalue weighted by Gasteiger charge is 2.09. The van der Waals surface area contributed by atoms with Crippen LogP contribution in [-0.4, -0.2) is 13.7 Å². The summed E-state index contributed by atoms with van der Waals surface area (Å²) in [5.74, 6) is 2.59. The molecular formula is C20H20BrCl2NO2. The summed E-state index contributed by atoms with van der Waals surface area (Å²) >= 11 is 9.69. The van der Waals surface area contributed by atoms with Crippen molar-refractivity contribution in [2.75, 3.05) is 13.7 Å². The monoisotopic (exact) mass is 455 g/mol. The molecule has 0 aliphatic heterocycles. The second-order valence-electron chi connectivity index (χ2n) is 5.63. The van der Waals surface area contributed by atoms with Crippen LogP contribution in [-0.2, 0) is 13.0 Å². The lowest BCUT2D eigenvalue weighted by atomic mass is 10.1. The van der Waals surface area contributed by atoms with Crippen LogP contribution in [0.2, 0.25) is 5.02 Å². The molecule has 0 aliphatic carbocycles. The number of para-hydroxylation sites is 1. The minimum Gasteiger partial charge on any atom is -0.496 e. The van der Waals surface area contributed by atoms with Crippen LogP contribution in [0.15, 0.2) is 63.5 Å². The standard InChI is InChI=1S/C20H19BrClNO2.ClH/c1-24-19-5-3-2-4-14(19)10-11-23-13-16-7-9-20(25-16)17-8-6-15(21)12-18(17)22;/h2-9,12,23H,10-11,13H2,1H3;1H. The maximum absolute atomic E-state index is 6.28. The number of hydrogen-bond donors (Lipinski definition) is 1. The van der Waals surface area contributed by atoms with Crippen molar-refractivity contribution in [1.29, 1.82) is 0 Å². The maximum atomic E-state index is 6.28. The first-order valence-electron chi connectivity index (χ1n) is 8.04. The summed E-state index contributed by atoms with van der Waals surface area (Å²) in [5.41, 5.74) is 2.09. The summed E-state index contributed by atoms with van der Waals surface area (Å²) < 4.78 is 12.2. The molecule has 3 aromatic rings. The zero-order valence-corrected chi connectivity index (χ0v) is 17.5. The Balaban J connectivity index is 0.00000243. The van der Waals surface area contributed by atoms with Crippen LogP contribution in [0.5, 0.6) is 5.75 Å². The van der Waals surface area contributed by atoms with Crippen LogP contribution in [0.3, 0.4) is 0 Å². The number of nitrogens with one attached hydrogen (secondary N) is 1. The molecule has 138 valence electrons. The van der Waals surface area contributed by atoms with Crippen LogP contribution >= 0.6 is 39.9 Å². The molecule has 0 saturated carbocycles. The van der Waals surface area contributed by atoms with Gasteiger partial charge in [0.05, 0.1) is 18.7 Å². The fourth-order valence-electron chi connectivity index (χ4n) is 2.65. The van der Waals surface area contributed by atoms with Gasteiger partial charge >= 0.3 is 0 Å². The van der Waals surface area contributed by atoms with Crippen LogP contribution in [0.4, 0.5) is 0 Å². The lowest BCUT2D eigenvalue weighted by molar-refractivity contribution is 0.408. The number of halogens is 3. The molecule has 0 radical (unpaired) electrons. The topological polar surface area (TPSA) is 34.4 Å². The molecule has 1 N–H and O–H groups in total. The molecule has 3 rings (SSSR count). The minimum absolute atomic E-state index is 0. The predicted octanol–water partition coefficient (Wildman–Crippen LogP) is 6.13. The van der Waals surface area contributed by atoms with E-state index in [1.54, 1.807) is 7.11 Å². The van der Waals surface area contributed by atoms with E-state index in [2.05, 4.69) is 27.3 Å². The average molecular weight is 457 g/mol. The fourth-order valence-corrected chi connectivity index (χ4v) is 3.42. The highest BCUT2D eigenvalue weighted by molar-refractivity contribution is 9.10. The van der Waals surface area contributed by atoms with Gasteiger partial charge in [-0.25, -0.2) is 0 Å². The molecule has 0 bridgehead atoms. The van der Waals surface area contributed by atoms with Gasteiger partial charge in [-0.15, -0.1) is 12.4 Å². The molecule has 0 saturated heterocycles. The first-order chi connectivity index (χ1) is 12.2. The summed E-state index contributed by atoms with van der Waals surface area (Å²) in [4.78, 5) is 0. The van der Waals surface area contributed by atoms with Gasteiger partial charge in [-0.05, 0) is 54.9 Å². The average Bonchev–Trinajstić information content (AvgIpc) is 3.07. The van der Waals surface area contributed by atoms with Crippen molar-refractivity contribution < 1.29 is 9.15 Å². The van der Waals surface area contributed by atoms with Crippen molar-refractivity contribution in [3.8, 4) is 17.1 Å². The van der Waals surface area contributed by atoms with Crippen molar-refractivity contribution in [2.24, 2.45) is 0 Å². The third-order valence-corrected chi connectivity index (χ3v) is 4.73. The molecular weight excluding hydrogens is 437 g/mol. The molecule has 3 nitrogen and oxygen atoms in total. The van der Waals surface area contributed by atoms with E-state index < -0.39 is 0 Å². The molecule has 0 aliphatic rings. The zero-order valence-electron chi connectivity index (χ0n) is 14.3. The maximum Gasteiger partial charge on any atom is 0.135 e. The van der Waals surface area contributed by atoms with E-state index in [9.17, 15) is 0 Å². The second-order valence-corrected chi connectivity index (χ2v) is 6.95. The van der Waals surface area contributed by atoms with Crippen molar-refractivity contribution in [3.63, 3.8) is 0 Å². The summed E-state index contributed by atoms with van der Waals surface area (Å²) in [6.07, 6.45) is 0.899. The highest BCUT2D eigenvalue weighted by atomic mass is 79.9. The van der Waals surface area contributed by atoms with E-state index in [1.807, 2.05) is 48.5 Å². The Morgan fingerprint density at radius 1 is 1.12 bits per heavy atom. The molecule has 0 atom stereocenters. The molecule has 0 spiro atoms. The van der Waals surface area contributed by atoms with Gasteiger partial charge in [0.25, 0.3) is 0 Å². The Kier molecular flexibility index (Phi) is 8.04. The van der Waals surface area contributed by atoms with Gasteiger partial charge in [-0.1, -0.05) is 45.7 Å². The third-order valence-electron chi connectivity index (χ3n) is 3.92. The third kappa shape index (κ3) is 5.27. The Labute approximate surface area is 173 Å². The summed E-state index contributed by atoms with van der Waals surface area (Å²) in [6, 6.07) is 17.8. The van der Waals surface area contributed by atoms with Crippen molar-refractivity contribution in [2.45, 2.75) is 13.0 Å². The minimum atomic E-state index is 0. The van der Waals surface area contributed by atoms with Gasteiger partial charge in [0.2, 0.25) is 0 Å². The normalized spacial score (nSPS) is 10.4. The van der Waals surface area contributed by atoms with E-state index in [1.165, 1.54) is 5.56 Å². The highest BCUT2D eigenvalue weighted by Crippen LogP contribution is 2.31. The molecule has 1 heterocycles. The predicted molar refractivity (Wildman–Crippen MR) is 113 cm³/mol. The van der Waals surface area contributed by atoms with Gasteiger partial charge in [0.1, 0.15) is 17.3 Å². The summed E-state index contributed by atoms with van der Waals surface area (Å²) in [6.45, 7) is 1.51. The van der Waals surface area contributed by atoms with Crippen LogP contribution in [0.25, 0.3) is 11.3 Å². The molecule has 26 heavy (non-hydrogen) atoms. The zero-order chi connectivity index (χ0) is 17.6. The van der Waals surface area contributed by atoms with Crippen LogP contribution < -0.4 is 10.1 Å². The molecule has 6 heteroatoms. The first-order valence-corrected chi connectivity index (χ1v) is 9.21. The van der Waals surface area contributed by atoms with Gasteiger partial charge < -0.3 is 14.5 Å². The van der Waals surface area contributed by atoms with E-state index in [4.69, 9.17) is 20.8 Å². The molecule has 0 amide bonds. The largest absolute Gasteiger partial charge is 0.496 e. The summed E-state index contributed by atoms with van der Waals surface area (Å²) in [7, 11) is 1.70. The van der Waals surface area contributed by atoms with E-state index in [-0.39, 0.29) is 12.4 Å². The van der Waals surface area contributed by atoms with E-state index in [0.717, 1.165) is 40.3 Å². The number of benzene rings is 2. The smallest absolute Gasteiger partial charge is 0.135 e. The molecule has 2 aromatic carbocycles. The SMILES string of the molecule is COc1ccccc1CCNCc1ccc(-c2ccc(Br)cc2Cl)o1.Cl. The van der Waals surface area contributed by atoms with Crippen LogP contribution in [0, 0.1) is 0 Å². The Hall–Kier alpha value is -1.46. The van der Waals surface area contributed by atoms with Gasteiger partial charge in [-0.2, -0.15) is 0 Å². The Bertz CT molecular complexity index is 851. The van der Waals surface area contributed by atoms with Crippen molar-refractivity contribution >= 4 is 39.9 Å². The van der Waals surface area contributed by atoms with Crippen LogP contribution in [0.1, 0.15) is 11.3 Å². The number of methoxy groups -OCH3 is 1. The number of rotatable bonds is 7. The fraction of sp³-hybridized carbons (Fsp3) is 0.200. The first kappa shape index (κ1) is 20.8. The Morgan fingerprint density at radius 3 is 2.69 bits per heavy atom. The number of ether oxygens (including phenoxy) is 1. The number of hydrogen-bond acceptors (Lipinski definition) is 3. The second kappa shape index (κ2) is 10.0.